The highest BCUT2D eigenvalue weighted by molar-refractivity contribution is 6.30. The molecular formula is C14H18ClN3O5. The summed E-state index contributed by atoms with van der Waals surface area (Å²) >= 11 is 5.75. The summed E-state index contributed by atoms with van der Waals surface area (Å²) < 4.78 is 9.51. The third-order valence-corrected chi connectivity index (χ3v) is 2.99. The number of alkyl carbamates (subject to hydrolysis) is 1. The fourth-order valence-electron chi connectivity index (χ4n) is 1.55. The Labute approximate surface area is 138 Å². The van der Waals surface area contributed by atoms with E-state index in [2.05, 4.69) is 15.4 Å². The first-order valence-electron chi connectivity index (χ1n) is 6.68. The minimum atomic E-state index is -1.04. The van der Waals surface area contributed by atoms with Gasteiger partial charge in [-0.1, -0.05) is 23.7 Å². The normalized spacial score (nSPS) is 11.3. The summed E-state index contributed by atoms with van der Waals surface area (Å²) in [6, 6.07) is 5.74. The van der Waals surface area contributed by atoms with Gasteiger partial charge in [0.1, 0.15) is 12.6 Å². The monoisotopic (exact) mass is 343 g/mol. The van der Waals surface area contributed by atoms with Crippen molar-refractivity contribution in [3.05, 3.63) is 34.9 Å². The van der Waals surface area contributed by atoms with Crippen molar-refractivity contribution in [3.63, 3.8) is 0 Å². The maximum absolute atomic E-state index is 11.6. The second kappa shape index (κ2) is 9.65. The molecule has 0 aliphatic carbocycles. The Hall–Kier alpha value is -2.32. The van der Waals surface area contributed by atoms with Crippen LogP contribution < -0.4 is 16.4 Å². The van der Waals surface area contributed by atoms with Crippen molar-refractivity contribution in [2.45, 2.75) is 12.6 Å². The molecule has 2 amide bonds. The van der Waals surface area contributed by atoms with E-state index < -0.39 is 24.0 Å². The zero-order chi connectivity index (χ0) is 17.2. The Morgan fingerprint density at radius 2 is 1.91 bits per heavy atom. The largest absolute Gasteiger partial charge is 0.467 e. The number of ether oxygens (including phenoxy) is 2. The highest BCUT2D eigenvalue weighted by Crippen LogP contribution is 2.10. The van der Waals surface area contributed by atoms with Gasteiger partial charge in [0.05, 0.1) is 20.2 Å². The lowest BCUT2D eigenvalue weighted by Gasteiger charge is -2.16. The molecule has 1 unspecified atom stereocenters. The van der Waals surface area contributed by atoms with Crippen molar-refractivity contribution < 1.29 is 23.9 Å². The van der Waals surface area contributed by atoms with Crippen molar-refractivity contribution in [2.24, 2.45) is 5.73 Å². The number of nitrogens with one attached hydrogen (secondary N) is 2. The minimum absolute atomic E-state index is 0.0427. The van der Waals surface area contributed by atoms with Crippen molar-refractivity contribution >= 4 is 29.6 Å². The Morgan fingerprint density at radius 3 is 2.48 bits per heavy atom. The van der Waals surface area contributed by atoms with Gasteiger partial charge in [-0.15, -0.1) is 0 Å². The highest BCUT2D eigenvalue weighted by atomic mass is 35.5. The lowest BCUT2D eigenvalue weighted by Crippen LogP contribution is -2.50. The molecular weight excluding hydrogens is 326 g/mol. The predicted molar refractivity (Wildman–Crippen MR) is 82.6 cm³/mol. The van der Waals surface area contributed by atoms with Crippen LogP contribution in [-0.2, 0) is 25.7 Å². The molecule has 1 rings (SSSR count). The first-order valence-corrected chi connectivity index (χ1v) is 7.06. The van der Waals surface area contributed by atoms with Crippen molar-refractivity contribution in [1.29, 1.82) is 0 Å². The van der Waals surface area contributed by atoms with Crippen LogP contribution in [0.25, 0.3) is 0 Å². The SMILES string of the molecule is COC(=O)C(CNC(=O)OCc1ccc(Cl)cc1)NC(=O)CN. The number of hydrogen-bond acceptors (Lipinski definition) is 6. The van der Waals surface area contributed by atoms with Crippen molar-refractivity contribution in [1.82, 2.24) is 10.6 Å². The van der Waals surface area contributed by atoms with Crippen molar-refractivity contribution in [3.8, 4) is 0 Å². The third-order valence-electron chi connectivity index (χ3n) is 2.74. The van der Waals surface area contributed by atoms with Gasteiger partial charge in [-0.2, -0.15) is 0 Å². The molecule has 8 nitrogen and oxygen atoms in total. The molecule has 1 atom stereocenters. The average molecular weight is 344 g/mol. The molecule has 0 aliphatic heterocycles. The topological polar surface area (TPSA) is 120 Å². The summed E-state index contributed by atoms with van der Waals surface area (Å²) in [7, 11) is 1.17. The highest BCUT2D eigenvalue weighted by Gasteiger charge is 2.21. The molecule has 0 heterocycles. The van der Waals surface area contributed by atoms with Crippen LogP contribution in [0.15, 0.2) is 24.3 Å². The number of halogens is 1. The zero-order valence-electron chi connectivity index (χ0n) is 12.5. The molecule has 0 saturated carbocycles. The fraction of sp³-hybridized carbons (Fsp3) is 0.357. The Morgan fingerprint density at radius 1 is 1.26 bits per heavy atom. The standard InChI is InChI=1S/C14H18ClN3O5/c1-22-13(20)11(18-12(19)6-16)7-17-14(21)23-8-9-2-4-10(15)5-3-9/h2-5,11H,6-8,16H2,1H3,(H,17,21)(H,18,19). The lowest BCUT2D eigenvalue weighted by atomic mass is 10.2. The molecule has 126 valence electrons. The maximum Gasteiger partial charge on any atom is 0.407 e. The number of nitrogens with two attached hydrogens (primary N) is 1. The number of carbonyl (C=O) groups is 3. The summed E-state index contributed by atoms with van der Waals surface area (Å²) in [4.78, 5) is 34.3. The van der Waals surface area contributed by atoms with Crippen LogP contribution in [0.5, 0.6) is 0 Å². The van der Waals surface area contributed by atoms with Crippen molar-refractivity contribution in [2.75, 3.05) is 20.2 Å². The van der Waals surface area contributed by atoms with Gasteiger partial charge in [0, 0.05) is 5.02 Å². The second-order valence-electron chi connectivity index (χ2n) is 4.43. The molecule has 9 heteroatoms. The van der Waals surface area contributed by atoms with E-state index in [1.165, 1.54) is 7.11 Å². The van der Waals surface area contributed by atoms with Crippen LogP contribution in [0.3, 0.4) is 0 Å². The average Bonchev–Trinajstić information content (AvgIpc) is 2.56. The quantitative estimate of drug-likeness (QED) is 0.608. The fourth-order valence-corrected chi connectivity index (χ4v) is 1.68. The Balaban J connectivity index is 2.43. The molecule has 0 bridgehead atoms. The number of rotatable bonds is 7. The van der Waals surface area contributed by atoms with Crippen LogP contribution in [-0.4, -0.2) is 44.2 Å². The number of benzene rings is 1. The molecule has 0 spiro atoms. The van der Waals surface area contributed by atoms with Gasteiger partial charge in [-0.25, -0.2) is 9.59 Å². The number of esters is 1. The van der Waals surface area contributed by atoms with E-state index in [4.69, 9.17) is 22.1 Å². The molecule has 4 N–H and O–H groups in total. The lowest BCUT2D eigenvalue weighted by molar-refractivity contribution is -0.144. The van der Waals surface area contributed by atoms with Crippen LogP contribution in [0.4, 0.5) is 4.79 Å². The first-order chi connectivity index (χ1) is 11.0. The third kappa shape index (κ3) is 6.98. The van der Waals surface area contributed by atoms with Gasteiger partial charge >= 0.3 is 12.1 Å². The van der Waals surface area contributed by atoms with Gasteiger partial charge in [-0.3, -0.25) is 4.79 Å². The summed E-state index contributed by atoms with van der Waals surface area (Å²) in [5.41, 5.74) is 5.91. The molecule has 0 radical (unpaired) electrons. The Kier molecular flexibility index (Phi) is 7.86. The van der Waals surface area contributed by atoms with E-state index >= 15 is 0 Å². The van der Waals surface area contributed by atoms with Gasteiger partial charge < -0.3 is 25.8 Å². The minimum Gasteiger partial charge on any atom is -0.467 e. The van der Waals surface area contributed by atoms with Gasteiger partial charge in [0.2, 0.25) is 5.91 Å². The number of amides is 2. The maximum atomic E-state index is 11.6. The molecule has 0 saturated heterocycles. The van der Waals surface area contributed by atoms with Gasteiger partial charge in [-0.05, 0) is 17.7 Å². The van der Waals surface area contributed by atoms with Gasteiger partial charge in [0.25, 0.3) is 0 Å². The Bertz CT molecular complexity index is 550. The summed E-state index contributed by atoms with van der Waals surface area (Å²) in [5, 5.41) is 5.27. The van der Waals surface area contributed by atoms with E-state index in [0.717, 1.165) is 5.56 Å². The molecule has 23 heavy (non-hydrogen) atoms. The van der Waals surface area contributed by atoms with E-state index in [-0.39, 0.29) is 19.7 Å². The predicted octanol–water partition coefficient (Wildman–Crippen LogP) is 0.183. The second-order valence-corrected chi connectivity index (χ2v) is 4.87. The summed E-state index contributed by atoms with van der Waals surface area (Å²) in [5.74, 6) is -1.25. The smallest absolute Gasteiger partial charge is 0.407 e. The van der Waals surface area contributed by atoms with Crippen LogP contribution in [0, 0.1) is 0 Å². The number of carbonyl (C=O) groups excluding carboxylic acids is 3. The van der Waals surface area contributed by atoms with E-state index in [1.807, 2.05) is 0 Å². The van der Waals surface area contributed by atoms with E-state index in [1.54, 1.807) is 24.3 Å². The number of methoxy groups -OCH3 is 1. The van der Waals surface area contributed by atoms with E-state index in [9.17, 15) is 14.4 Å². The summed E-state index contributed by atoms with van der Waals surface area (Å²) in [6.07, 6.45) is -0.740. The molecule has 1 aromatic rings. The zero-order valence-corrected chi connectivity index (χ0v) is 13.3. The first kappa shape index (κ1) is 18.7. The number of hydrogen-bond donors (Lipinski definition) is 3. The molecule has 0 aromatic heterocycles. The van der Waals surface area contributed by atoms with E-state index in [0.29, 0.717) is 5.02 Å². The van der Waals surface area contributed by atoms with Crippen LogP contribution in [0.2, 0.25) is 5.02 Å². The molecule has 0 fully saturated rings. The van der Waals surface area contributed by atoms with Crippen LogP contribution in [0.1, 0.15) is 5.56 Å². The van der Waals surface area contributed by atoms with Crippen LogP contribution >= 0.6 is 11.6 Å². The summed E-state index contributed by atoms with van der Waals surface area (Å²) in [6.45, 7) is -0.423. The molecule has 0 aliphatic rings. The van der Waals surface area contributed by atoms with Gasteiger partial charge in [0.15, 0.2) is 0 Å². The molecule has 1 aromatic carbocycles.